The highest BCUT2D eigenvalue weighted by atomic mass is 79.9. The van der Waals surface area contributed by atoms with Crippen LogP contribution in [0.4, 0.5) is 0 Å². The fourth-order valence-corrected chi connectivity index (χ4v) is 9.70. The Kier molecular flexibility index (Phi) is 9.69. The third kappa shape index (κ3) is 6.09. The Labute approximate surface area is 345 Å². The molecule has 0 aliphatic heterocycles. The molecule has 272 valence electrons. The molecule has 4 heteroatoms. The van der Waals surface area contributed by atoms with Gasteiger partial charge in [0.05, 0.1) is 0 Å². The Balaban J connectivity index is 0.000000147. The first-order valence-corrected chi connectivity index (χ1v) is 20.4. The van der Waals surface area contributed by atoms with Crippen LogP contribution in [-0.2, 0) is 11.2 Å². The van der Waals surface area contributed by atoms with Crippen LogP contribution in [0.1, 0.15) is 78.6 Å². The number of hydrogen-bond donors (Lipinski definition) is 2. The molecule has 56 heavy (non-hydrogen) atoms. The van der Waals surface area contributed by atoms with Gasteiger partial charge in [-0.05, 0) is 85.5 Å². The third-order valence-electron chi connectivity index (χ3n) is 11.4. The summed E-state index contributed by atoms with van der Waals surface area (Å²) in [5.74, 6) is 0.528. The molecule has 4 unspecified atom stereocenters. The van der Waals surface area contributed by atoms with Gasteiger partial charge in [0.1, 0.15) is 11.2 Å². The Morgan fingerprint density at radius 1 is 0.321 bits per heavy atom. The van der Waals surface area contributed by atoms with Gasteiger partial charge in [0.2, 0.25) is 0 Å². The molecule has 10 rings (SSSR count). The highest BCUT2D eigenvalue weighted by Crippen LogP contribution is 2.54. The zero-order chi connectivity index (χ0) is 38.3. The van der Waals surface area contributed by atoms with Crippen molar-refractivity contribution in [2.45, 2.75) is 23.0 Å². The van der Waals surface area contributed by atoms with Crippen molar-refractivity contribution in [3.8, 4) is 0 Å². The van der Waals surface area contributed by atoms with Crippen LogP contribution in [0.5, 0.6) is 0 Å². The fraction of sp³-hybridized carbons (Fsp3) is 0.0769. The van der Waals surface area contributed by atoms with Gasteiger partial charge in [0.15, 0.2) is 0 Å². The van der Waals surface area contributed by atoms with Crippen molar-refractivity contribution >= 4 is 31.9 Å². The highest BCUT2D eigenvalue weighted by Gasteiger charge is 2.50. The van der Waals surface area contributed by atoms with E-state index in [4.69, 9.17) is 0 Å². The summed E-state index contributed by atoms with van der Waals surface area (Å²) in [4.78, 5) is 0. The number of hydrogen-bond acceptors (Lipinski definition) is 2. The quantitative estimate of drug-likeness (QED) is 0.185. The molecule has 0 fully saturated rings. The predicted octanol–water partition coefficient (Wildman–Crippen LogP) is 12.5. The number of rotatable bonds is 4. The van der Waals surface area contributed by atoms with E-state index in [1.165, 1.54) is 33.4 Å². The molecular weight excluding hydrogens is 816 g/mol. The maximum absolute atomic E-state index is 12.2. The van der Waals surface area contributed by atoms with Crippen molar-refractivity contribution in [1.29, 1.82) is 0 Å². The molecule has 0 spiro atoms. The van der Waals surface area contributed by atoms with Gasteiger partial charge in [-0.2, -0.15) is 0 Å². The number of aliphatic hydroxyl groups is 2. The molecule has 0 aromatic heterocycles. The van der Waals surface area contributed by atoms with Crippen molar-refractivity contribution in [1.82, 2.24) is 0 Å². The van der Waals surface area contributed by atoms with Crippen molar-refractivity contribution in [3.05, 3.63) is 282 Å². The second-order valence-electron chi connectivity index (χ2n) is 14.5. The number of fused-ring (bicyclic) bond motifs is 4. The van der Waals surface area contributed by atoms with Gasteiger partial charge in [-0.1, -0.05) is 214 Å². The summed E-state index contributed by atoms with van der Waals surface area (Å²) in [6.45, 7) is 0. The molecule has 4 atom stereocenters. The van der Waals surface area contributed by atoms with E-state index < -0.39 is 11.2 Å². The normalized spacial score (nSPS) is 20.3. The van der Waals surface area contributed by atoms with Crippen LogP contribution in [0.15, 0.2) is 215 Å². The first-order valence-electron chi connectivity index (χ1n) is 18.8. The maximum Gasteiger partial charge on any atom is 0.141 e. The van der Waals surface area contributed by atoms with Crippen molar-refractivity contribution in [2.75, 3.05) is 0 Å². The molecule has 8 aromatic carbocycles. The topological polar surface area (TPSA) is 40.5 Å². The van der Waals surface area contributed by atoms with E-state index in [2.05, 4.69) is 135 Å². The molecule has 0 bridgehead atoms. The minimum Gasteiger partial charge on any atom is -0.376 e. The van der Waals surface area contributed by atoms with Crippen LogP contribution in [0, 0.1) is 0 Å². The van der Waals surface area contributed by atoms with Crippen LogP contribution in [0.2, 0.25) is 0 Å². The van der Waals surface area contributed by atoms with Crippen LogP contribution < -0.4 is 0 Å². The zero-order valence-electron chi connectivity index (χ0n) is 30.4. The van der Waals surface area contributed by atoms with E-state index in [0.29, 0.717) is 22.3 Å². The van der Waals surface area contributed by atoms with E-state index in [1.807, 2.05) is 103 Å². The van der Waals surface area contributed by atoms with Crippen molar-refractivity contribution in [3.63, 3.8) is 0 Å². The van der Waals surface area contributed by atoms with E-state index in [1.54, 1.807) is 0 Å². The van der Waals surface area contributed by atoms with Crippen LogP contribution in [0.25, 0.3) is 0 Å². The first kappa shape index (κ1) is 36.3. The maximum atomic E-state index is 12.2. The van der Waals surface area contributed by atoms with Gasteiger partial charge in [-0.3, -0.25) is 0 Å². The van der Waals surface area contributed by atoms with Crippen molar-refractivity contribution < 1.29 is 10.2 Å². The minimum atomic E-state index is -1.38. The standard InChI is InChI=1S/C26H19BrO2.C26H19Br/c27-20-15-16-23-24(17-20)26(29,19-11-5-2-6-12-19)22-14-8-7-13-21(22)25(23,28)18-9-3-1-4-10-18;27-20-15-16-23-24(17-20)26(19-11-5-2-6-12-19)22-14-8-7-13-21(22)25(23)18-9-3-1-4-10-18/h1-17,28-29H;1-17,25-26H. The first-order chi connectivity index (χ1) is 27.4. The predicted molar refractivity (Wildman–Crippen MR) is 233 cm³/mol. The average molecular weight is 855 g/mol. The SMILES string of the molecule is Brc1ccc2c(c1)C(c1ccccc1)c1ccccc1C2c1ccccc1.OC1(c2ccccc2)c2ccccc2C(O)(c2ccccc2)c2cc(Br)ccc21. The summed E-state index contributed by atoms with van der Waals surface area (Å²) in [5.41, 5.74) is 9.81. The minimum absolute atomic E-state index is 0.259. The number of halogens is 2. The molecule has 2 aliphatic rings. The van der Waals surface area contributed by atoms with Gasteiger partial charge >= 0.3 is 0 Å². The lowest BCUT2D eigenvalue weighted by molar-refractivity contribution is 0.0747. The van der Waals surface area contributed by atoms with E-state index >= 15 is 0 Å². The van der Waals surface area contributed by atoms with Crippen molar-refractivity contribution in [2.24, 2.45) is 0 Å². The van der Waals surface area contributed by atoms with Gasteiger partial charge in [0, 0.05) is 26.3 Å². The molecule has 8 aromatic rings. The Bertz CT molecular complexity index is 2650. The Morgan fingerprint density at radius 2 is 0.679 bits per heavy atom. The fourth-order valence-electron chi connectivity index (χ4n) is 8.96. The van der Waals surface area contributed by atoms with Gasteiger partial charge in [0.25, 0.3) is 0 Å². The second kappa shape index (κ2) is 14.9. The van der Waals surface area contributed by atoms with Gasteiger partial charge < -0.3 is 10.2 Å². The van der Waals surface area contributed by atoms with E-state index in [9.17, 15) is 10.2 Å². The summed E-state index contributed by atoms with van der Waals surface area (Å²) in [6, 6.07) is 70.0. The molecule has 2 N–H and O–H groups in total. The average Bonchev–Trinajstić information content (AvgIpc) is 3.26. The van der Waals surface area contributed by atoms with Crippen LogP contribution in [-0.4, -0.2) is 10.2 Å². The molecule has 0 saturated heterocycles. The lowest BCUT2D eigenvalue weighted by Crippen LogP contribution is -2.44. The number of benzene rings is 8. The molecule has 2 nitrogen and oxygen atoms in total. The molecule has 2 aliphatic carbocycles. The Hall–Kier alpha value is -5.36. The third-order valence-corrected chi connectivity index (χ3v) is 12.4. The van der Waals surface area contributed by atoms with E-state index in [-0.39, 0.29) is 11.8 Å². The Morgan fingerprint density at radius 3 is 1.20 bits per heavy atom. The smallest absolute Gasteiger partial charge is 0.141 e. The lowest BCUT2D eigenvalue weighted by Gasteiger charge is -2.45. The zero-order valence-corrected chi connectivity index (χ0v) is 33.6. The summed E-state index contributed by atoms with van der Waals surface area (Å²) in [7, 11) is 0. The van der Waals surface area contributed by atoms with Gasteiger partial charge in [-0.25, -0.2) is 0 Å². The molecule has 0 heterocycles. The van der Waals surface area contributed by atoms with Gasteiger partial charge in [-0.15, -0.1) is 0 Å². The lowest BCUT2D eigenvalue weighted by atomic mass is 9.63. The molecule has 0 amide bonds. The summed E-state index contributed by atoms with van der Waals surface area (Å²) in [5, 5.41) is 24.4. The second-order valence-corrected chi connectivity index (χ2v) is 16.3. The van der Waals surface area contributed by atoms with Crippen LogP contribution >= 0.6 is 31.9 Å². The monoisotopic (exact) mass is 852 g/mol. The molecule has 0 radical (unpaired) electrons. The summed E-state index contributed by atoms with van der Waals surface area (Å²) in [6.07, 6.45) is 0. The summed E-state index contributed by atoms with van der Waals surface area (Å²) >= 11 is 7.26. The summed E-state index contributed by atoms with van der Waals surface area (Å²) < 4.78 is 1.98. The highest BCUT2D eigenvalue weighted by molar-refractivity contribution is 9.10. The largest absolute Gasteiger partial charge is 0.376 e. The molecular formula is C52H38Br2O2. The molecule has 0 saturated carbocycles. The van der Waals surface area contributed by atoms with Crippen LogP contribution in [0.3, 0.4) is 0 Å². The van der Waals surface area contributed by atoms with E-state index in [0.717, 1.165) is 20.1 Å².